The molecule has 14 heavy (non-hydrogen) atoms. The third-order valence-electron chi connectivity index (χ3n) is 2.91. The van der Waals surface area contributed by atoms with Gasteiger partial charge in [-0.05, 0) is 33.2 Å². The summed E-state index contributed by atoms with van der Waals surface area (Å²) in [4.78, 5) is 2.53. The fourth-order valence-corrected chi connectivity index (χ4v) is 1.85. The number of nitrogens with zero attached hydrogens (tertiary/aromatic N) is 1. The molecule has 1 aliphatic rings. The maximum absolute atomic E-state index is 5.06. The van der Waals surface area contributed by atoms with Gasteiger partial charge in [0, 0.05) is 38.9 Å². The van der Waals surface area contributed by atoms with Gasteiger partial charge >= 0.3 is 0 Å². The zero-order valence-electron chi connectivity index (χ0n) is 9.81. The second kappa shape index (κ2) is 5.69. The fourth-order valence-electron chi connectivity index (χ4n) is 1.85. The predicted octanol–water partition coefficient (Wildman–Crippen LogP) is 1.10. The molecule has 84 valence electrons. The van der Waals surface area contributed by atoms with Crippen molar-refractivity contribution in [2.24, 2.45) is 0 Å². The molecule has 1 saturated heterocycles. The van der Waals surface area contributed by atoms with Gasteiger partial charge in [0.25, 0.3) is 0 Å². The lowest BCUT2D eigenvalue weighted by atomic mass is 10.0. The summed E-state index contributed by atoms with van der Waals surface area (Å²) in [6, 6.07) is 0. The van der Waals surface area contributed by atoms with E-state index in [0.717, 1.165) is 19.6 Å². The summed E-state index contributed by atoms with van der Waals surface area (Å²) in [7, 11) is 1.77. The van der Waals surface area contributed by atoms with Crippen LogP contribution in [0.4, 0.5) is 0 Å². The van der Waals surface area contributed by atoms with Gasteiger partial charge in [0.1, 0.15) is 0 Å². The quantitative estimate of drug-likeness (QED) is 0.688. The molecule has 1 rings (SSSR count). The minimum absolute atomic E-state index is 0.315. The van der Waals surface area contributed by atoms with Crippen molar-refractivity contribution in [1.82, 2.24) is 10.2 Å². The van der Waals surface area contributed by atoms with Crippen LogP contribution in [0.3, 0.4) is 0 Å². The molecule has 0 atom stereocenters. The van der Waals surface area contributed by atoms with Crippen molar-refractivity contribution < 1.29 is 4.74 Å². The first-order chi connectivity index (χ1) is 6.64. The van der Waals surface area contributed by atoms with Crippen LogP contribution in [0, 0.1) is 0 Å². The number of methoxy groups -OCH3 is 1. The molecule has 1 aliphatic heterocycles. The number of hydrogen-bond donors (Lipinski definition) is 1. The Morgan fingerprint density at radius 1 is 1.36 bits per heavy atom. The Hall–Kier alpha value is -0.120. The van der Waals surface area contributed by atoms with E-state index in [9.17, 15) is 0 Å². The van der Waals surface area contributed by atoms with Gasteiger partial charge in [-0.15, -0.1) is 0 Å². The van der Waals surface area contributed by atoms with Gasteiger partial charge in [-0.2, -0.15) is 0 Å². The highest BCUT2D eigenvalue weighted by molar-refractivity contribution is 4.82. The second-order valence-corrected chi connectivity index (χ2v) is 4.75. The highest BCUT2D eigenvalue weighted by atomic mass is 16.5. The Morgan fingerprint density at radius 3 is 2.86 bits per heavy atom. The SMILES string of the molecule is COCCCN1CCNC(C)(C)CC1. The van der Waals surface area contributed by atoms with Gasteiger partial charge in [0.05, 0.1) is 0 Å². The smallest absolute Gasteiger partial charge is 0.0474 e. The molecule has 0 aromatic heterocycles. The molecule has 0 saturated carbocycles. The third-order valence-corrected chi connectivity index (χ3v) is 2.91. The maximum atomic E-state index is 5.06. The van der Waals surface area contributed by atoms with Crippen LogP contribution in [0.2, 0.25) is 0 Å². The van der Waals surface area contributed by atoms with Crippen molar-refractivity contribution in [2.45, 2.75) is 32.2 Å². The van der Waals surface area contributed by atoms with Gasteiger partial charge < -0.3 is 15.0 Å². The summed E-state index contributed by atoms with van der Waals surface area (Å²) < 4.78 is 5.06. The lowest BCUT2D eigenvalue weighted by molar-refractivity contribution is 0.173. The molecule has 0 radical (unpaired) electrons. The molecule has 0 amide bonds. The van der Waals surface area contributed by atoms with Crippen LogP contribution in [0.1, 0.15) is 26.7 Å². The van der Waals surface area contributed by atoms with Gasteiger partial charge in [0.2, 0.25) is 0 Å². The van der Waals surface area contributed by atoms with Crippen LogP contribution in [-0.4, -0.2) is 50.3 Å². The van der Waals surface area contributed by atoms with Crippen molar-refractivity contribution in [3.63, 3.8) is 0 Å². The maximum Gasteiger partial charge on any atom is 0.0474 e. The summed E-state index contributed by atoms with van der Waals surface area (Å²) >= 11 is 0. The minimum Gasteiger partial charge on any atom is -0.385 e. The largest absolute Gasteiger partial charge is 0.385 e. The normalized spacial score (nSPS) is 23.4. The first kappa shape index (κ1) is 12.0. The van der Waals surface area contributed by atoms with Crippen LogP contribution >= 0.6 is 0 Å². The van der Waals surface area contributed by atoms with Crippen molar-refractivity contribution in [3.8, 4) is 0 Å². The van der Waals surface area contributed by atoms with Gasteiger partial charge in [-0.3, -0.25) is 0 Å². The van der Waals surface area contributed by atoms with Gasteiger partial charge in [-0.25, -0.2) is 0 Å². The van der Waals surface area contributed by atoms with Crippen molar-refractivity contribution >= 4 is 0 Å². The molecule has 0 bridgehead atoms. The number of hydrogen-bond acceptors (Lipinski definition) is 3. The average Bonchev–Trinajstić information content (AvgIpc) is 2.28. The van der Waals surface area contributed by atoms with E-state index in [2.05, 4.69) is 24.1 Å². The van der Waals surface area contributed by atoms with Crippen LogP contribution in [0.25, 0.3) is 0 Å². The molecule has 0 aliphatic carbocycles. The van der Waals surface area contributed by atoms with Crippen molar-refractivity contribution in [1.29, 1.82) is 0 Å². The molecule has 1 heterocycles. The fraction of sp³-hybridized carbons (Fsp3) is 1.00. The van der Waals surface area contributed by atoms with Crippen LogP contribution in [-0.2, 0) is 4.74 Å². The highest BCUT2D eigenvalue weighted by Crippen LogP contribution is 2.12. The lowest BCUT2D eigenvalue weighted by Gasteiger charge is -2.23. The van der Waals surface area contributed by atoms with E-state index in [4.69, 9.17) is 4.74 Å². The Kier molecular flexibility index (Phi) is 4.85. The molecule has 1 fully saturated rings. The zero-order chi connectivity index (χ0) is 10.4. The van der Waals surface area contributed by atoms with Crippen LogP contribution < -0.4 is 5.32 Å². The first-order valence-corrected chi connectivity index (χ1v) is 5.60. The Balaban J connectivity index is 2.21. The summed E-state index contributed by atoms with van der Waals surface area (Å²) in [6.07, 6.45) is 2.39. The molecular weight excluding hydrogens is 176 g/mol. The van der Waals surface area contributed by atoms with Crippen LogP contribution in [0.5, 0.6) is 0 Å². The molecule has 0 aromatic carbocycles. The topological polar surface area (TPSA) is 24.5 Å². The molecule has 0 aromatic rings. The third kappa shape index (κ3) is 4.40. The molecule has 3 heteroatoms. The Morgan fingerprint density at radius 2 is 2.14 bits per heavy atom. The number of rotatable bonds is 4. The minimum atomic E-state index is 0.315. The molecule has 3 nitrogen and oxygen atoms in total. The highest BCUT2D eigenvalue weighted by Gasteiger charge is 2.21. The standard InChI is InChI=1S/C11H24N2O/c1-11(2)5-8-13(9-6-12-11)7-4-10-14-3/h12H,4-10H2,1-3H3. The van der Waals surface area contributed by atoms with E-state index in [1.165, 1.54) is 26.1 Å². The molecular formula is C11H24N2O. The summed E-state index contributed by atoms with van der Waals surface area (Å²) in [6.45, 7) is 10.1. The Labute approximate surface area is 87.8 Å². The van der Waals surface area contributed by atoms with Gasteiger partial charge in [0.15, 0.2) is 0 Å². The predicted molar refractivity (Wildman–Crippen MR) is 59.6 cm³/mol. The van der Waals surface area contributed by atoms with E-state index >= 15 is 0 Å². The van der Waals surface area contributed by atoms with Crippen molar-refractivity contribution in [3.05, 3.63) is 0 Å². The lowest BCUT2D eigenvalue weighted by Crippen LogP contribution is -2.39. The summed E-state index contributed by atoms with van der Waals surface area (Å²) in [5.74, 6) is 0. The van der Waals surface area contributed by atoms with E-state index in [0.29, 0.717) is 5.54 Å². The molecule has 0 unspecified atom stereocenters. The van der Waals surface area contributed by atoms with Crippen molar-refractivity contribution in [2.75, 3.05) is 39.9 Å². The van der Waals surface area contributed by atoms with E-state index < -0.39 is 0 Å². The Bertz CT molecular complexity index is 159. The van der Waals surface area contributed by atoms with E-state index in [1.54, 1.807) is 7.11 Å². The zero-order valence-corrected chi connectivity index (χ0v) is 9.81. The molecule has 1 N–H and O–H groups in total. The summed E-state index contributed by atoms with van der Waals surface area (Å²) in [5, 5.41) is 3.57. The van der Waals surface area contributed by atoms with Gasteiger partial charge in [-0.1, -0.05) is 0 Å². The number of nitrogens with one attached hydrogen (secondary N) is 1. The average molecular weight is 200 g/mol. The second-order valence-electron chi connectivity index (χ2n) is 4.75. The summed E-state index contributed by atoms with van der Waals surface area (Å²) in [5.41, 5.74) is 0.315. The van der Waals surface area contributed by atoms with Crippen LogP contribution in [0.15, 0.2) is 0 Å². The van der Waals surface area contributed by atoms with E-state index in [1.807, 2.05) is 0 Å². The number of ether oxygens (including phenoxy) is 1. The van der Waals surface area contributed by atoms with E-state index in [-0.39, 0.29) is 0 Å². The first-order valence-electron chi connectivity index (χ1n) is 5.60. The monoisotopic (exact) mass is 200 g/mol. The molecule has 0 spiro atoms.